The molecule has 0 radical (unpaired) electrons. The van der Waals surface area contributed by atoms with E-state index in [1.54, 1.807) is 7.05 Å². The summed E-state index contributed by atoms with van der Waals surface area (Å²) in [6.45, 7) is 0. The van der Waals surface area contributed by atoms with Crippen molar-refractivity contribution >= 4 is 11.9 Å². The van der Waals surface area contributed by atoms with Crippen molar-refractivity contribution in [1.82, 2.24) is 4.72 Å². The molecule has 2 aromatic carbocycles. The Hall–Kier alpha value is -1.46. The average molecular weight is 283 g/mol. The monoisotopic (exact) mass is 283 g/mol. The topological polar surface area (TPSA) is 12.0 Å². The van der Waals surface area contributed by atoms with Crippen molar-refractivity contribution in [2.24, 2.45) is 0 Å². The summed E-state index contributed by atoms with van der Waals surface area (Å²) >= 11 is 1.43. The molecule has 0 unspecified atom stereocenters. The summed E-state index contributed by atoms with van der Waals surface area (Å²) in [4.78, 5) is 0.977. The van der Waals surface area contributed by atoms with Gasteiger partial charge in [0, 0.05) is 4.90 Å². The molecule has 0 aliphatic heterocycles. The zero-order valence-corrected chi connectivity index (χ0v) is 11.0. The molecule has 1 N–H and O–H groups in total. The van der Waals surface area contributed by atoms with Gasteiger partial charge in [-0.05, 0) is 48.3 Å². The molecule has 0 amide bonds. The largest absolute Gasteiger partial charge is 0.416 e. The van der Waals surface area contributed by atoms with Crippen molar-refractivity contribution in [3.8, 4) is 11.1 Å². The summed E-state index contributed by atoms with van der Waals surface area (Å²) in [7, 11) is 1.80. The van der Waals surface area contributed by atoms with Crippen LogP contribution < -0.4 is 4.72 Å². The molecule has 0 bridgehead atoms. The van der Waals surface area contributed by atoms with Gasteiger partial charge in [-0.1, -0.05) is 30.3 Å². The molecule has 2 rings (SSSR count). The molecular formula is C14H12F3NS. The molecule has 19 heavy (non-hydrogen) atoms. The molecule has 0 aliphatic carbocycles. The highest BCUT2D eigenvalue weighted by Gasteiger charge is 2.30. The van der Waals surface area contributed by atoms with E-state index in [9.17, 15) is 13.2 Å². The van der Waals surface area contributed by atoms with Gasteiger partial charge in [-0.25, -0.2) is 0 Å². The maximum atomic E-state index is 12.5. The highest BCUT2D eigenvalue weighted by Crippen LogP contribution is 2.33. The molecule has 0 aliphatic rings. The summed E-state index contributed by atoms with van der Waals surface area (Å²) in [5, 5.41) is 0. The van der Waals surface area contributed by atoms with Crippen LogP contribution >= 0.6 is 11.9 Å². The summed E-state index contributed by atoms with van der Waals surface area (Å²) < 4.78 is 40.5. The Morgan fingerprint density at radius 3 is 2.16 bits per heavy atom. The van der Waals surface area contributed by atoms with Crippen LogP contribution in [0.3, 0.4) is 0 Å². The Kier molecular flexibility index (Phi) is 4.17. The minimum atomic E-state index is -4.29. The van der Waals surface area contributed by atoms with Crippen LogP contribution in [-0.2, 0) is 6.18 Å². The SMILES string of the molecule is CNSc1ccccc1-c1ccc(C(F)(F)F)cc1. The van der Waals surface area contributed by atoms with Crippen molar-refractivity contribution in [1.29, 1.82) is 0 Å². The van der Waals surface area contributed by atoms with Gasteiger partial charge in [-0.3, -0.25) is 4.72 Å². The van der Waals surface area contributed by atoms with E-state index < -0.39 is 11.7 Å². The second-order valence-corrected chi connectivity index (χ2v) is 4.93. The lowest BCUT2D eigenvalue weighted by Gasteiger charge is -2.10. The summed E-state index contributed by atoms with van der Waals surface area (Å²) in [6.07, 6.45) is -4.29. The van der Waals surface area contributed by atoms with Crippen LogP contribution in [0, 0.1) is 0 Å². The van der Waals surface area contributed by atoms with Crippen LogP contribution in [0.25, 0.3) is 11.1 Å². The molecule has 5 heteroatoms. The van der Waals surface area contributed by atoms with E-state index in [4.69, 9.17) is 0 Å². The van der Waals surface area contributed by atoms with Crippen molar-refractivity contribution in [2.75, 3.05) is 7.05 Å². The lowest BCUT2D eigenvalue weighted by molar-refractivity contribution is -0.137. The van der Waals surface area contributed by atoms with E-state index in [-0.39, 0.29) is 0 Å². The van der Waals surface area contributed by atoms with Crippen molar-refractivity contribution < 1.29 is 13.2 Å². The van der Waals surface area contributed by atoms with Crippen LogP contribution in [-0.4, -0.2) is 7.05 Å². The highest BCUT2D eigenvalue weighted by molar-refractivity contribution is 7.97. The number of benzene rings is 2. The fraction of sp³-hybridized carbons (Fsp3) is 0.143. The van der Waals surface area contributed by atoms with E-state index in [1.807, 2.05) is 24.3 Å². The molecule has 0 spiro atoms. The predicted molar refractivity (Wildman–Crippen MR) is 71.8 cm³/mol. The van der Waals surface area contributed by atoms with Gasteiger partial charge in [0.25, 0.3) is 0 Å². The minimum absolute atomic E-state index is 0.630. The Morgan fingerprint density at radius 1 is 0.947 bits per heavy atom. The molecule has 0 heterocycles. The van der Waals surface area contributed by atoms with Crippen molar-refractivity contribution in [2.45, 2.75) is 11.1 Å². The standard InChI is InChI=1S/C14H12F3NS/c1-18-19-13-5-3-2-4-12(13)10-6-8-11(9-7-10)14(15,16)17/h2-9,18H,1H3. The highest BCUT2D eigenvalue weighted by atomic mass is 32.2. The van der Waals surface area contributed by atoms with Gasteiger partial charge in [0.1, 0.15) is 0 Å². The molecule has 2 aromatic rings. The van der Waals surface area contributed by atoms with Gasteiger partial charge < -0.3 is 0 Å². The number of halogens is 3. The summed E-state index contributed by atoms with van der Waals surface area (Å²) in [6, 6.07) is 12.8. The third-order valence-corrected chi connectivity index (χ3v) is 3.40. The first-order valence-electron chi connectivity index (χ1n) is 5.62. The van der Waals surface area contributed by atoms with Crippen LogP contribution in [0.4, 0.5) is 13.2 Å². The lowest BCUT2D eigenvalue weighted by atomic mass is 10.0. The zero-order valence-electron chi connectivity index (χ0n) is 10.2. The molecule has 0 fully saturated rings. The van der Waals surface area contributed by atoms with Crippen LogP contribution in [0.5, 0.6) is 0 Å². The zero-order chi connectivity index (χ0) is 13.9. The smallest absolute Gasteiger partial charge is 0.263 e. The predicted octanol–water partition coefficient (Wildman–Crippen LogP) is 4.60. The van der Waals surface area contributed by atoms with Gasteiger partial charge in [0.15, 0.2) is 0 Å². The average Bonchev–Trinajstić information content (AvgIpc) is 2.39. The van der Waals surface area contributed by atoms with E-state index in [0.717, 1.165) is 28.2 Å². The minimum Gasteiger partial charge on any atom is -0.263 e. The van der Waals surface area contributed by atoms with E-state index in [1.165, 1.54) is 24.1 Å². The normalized spacial score (nSPS) is 11.6. The van der Waals surface area contributed by atoms with Gasteiger partial charge >= 0.3 is 6.18 Å². The van der Waals surface area contributed by atoms with Crippen molar-refractivity contribution in [3.05, 3.63) is 54.1 Å². The van der Waals surface area contributed by atoms with E-state index in [0.29, 0.717) is 0 Å². The van der Waals surface area contributed by atoms with Crippen molar-refractivity contribution in [3.63, 3.8) is 0 Å². The van der Waals surface area contributed by atoms with Gasteiger partial charge in [0.2, 0.25) is 0 Å². The number of hydrogen-bond acceptors (Lipinski definition) is 2. The second kappa shape index (κ2) is 5.67. The first kappa shape index (κ1) is 14.0. The van der Waals surface area contributed by atoms with Crippen LogP contribution in [0.15, 0.2) is 53.4 Å². The molecule has 100 valence electrons. The fourth-order valence-electron chi connectivity index (χ4n) is 1.74. The van der Waals surface area contributed by atoms with Gasteiger partial charge in [-0.2, -0.15) is 13.2 Å². The molecule has 1 nitrogen and oxygen atoms in total. The number of hydrogen-bond donors (Lipinski definition) is 1. The summed E-state index contributed by atoms with van der Waals surface area (Å²) in [5.41, 5.74) is 1.05. The number of rotatable bonds is 3. The molecule has 0 saturated heterocycles. The molecule has 0 saturated carbocycles. The Balaban J connectivity index is 2.37. The first-order valence-corrected chi connectivity index (χ1v) is 6.44. The third-order valence-electron chi connectivity index (χ3n) is 2.62. The molecule has 0 aromatic heterocycles. The molecular weight excluding hydrogens is 271 g/mol. The Labute approximate surface area is 114 Å². The first-order chi connectivity index (χ1) is 9.02. The summed E-state index contributed by atoms with van der Waals surface area (Å²) in [5.74, 6) is 0. The third kappa shape index (κ3) is 3.30. The number of nitrogens with one attached hydrogen (secondary N) is 1. The fourth-order valence-corrected chi connectivity index (χ4v) is 2.41. The Morgan fingerprint density at radius 2 is 1.58 bits per heavy atom. The second-order valence-electron chi connectivity index (χ2n) is 3.88. The maximum Gasteiger partial charge on any atom is 0.416 e. The van der Waals surface area contributed by atoms with E-state index >= 15 is 0 Å². The van der Waals surface area contributed by atoms with E-state index in [2.05, 4.69) is 4.72 Å². The lowest BCUT2D eigenvalue weighted by Crippen LogP contribution is -2.04. The van der Waals surface area contributed by atoms with Crippen LogP contribution in [0.2, 0.25) is 0 Å². The maximum absolute atomic E-state index is 12.5. The van der Waals surface area contributed by atoms with Gasteiger partial charge in [0.05, 0.1) is 5.56 Å². The van der Waals surface area contributed by atoms with Gasteiger partial charge in [-0.15, -0.1) is 0 Å². The molecule has 0 atom stereocenters. The quantitative estimate of drug-likeness (QED) is 0.826. The van der Waals surface area contributed by atoms with Crippen LogP contribution in [0.1, 0.15) is 5.56 Å². The Bertz CT molecular complexity index is 549. The number of alkyl halides is 3.